The second-order valence-corrected chi connectivity index (χ2v) is 5.45. The van der Waals surface area contributed by atoms with Gasteiger partial charge in [0.25, 0.3) is 0 Å². The van der Waals surface area contributed by atoms with E-state index in [2.05, 4.69) is 43.6 Å². The molecule has 3 heteroatoms. The summed E-state index contributed by atoms with van der Waals surface area (Å²) in [5.74, 6) is 0. The van der Waals surface area contributed by atoms with E-state index in [1.165, 1.54) is 31.6 Å². The Morgan fingerprint density at radius 3 is 2.73 bits per heavy atom. The van der Waals surface area contributed by atoms with Gasteiger partial charge in [0, 0.05) is 30.7 Å². The molecule has 2 aliphatic rings. The summed E-state index contributed by atoms with van der Waals surface area (Å²) in [5.41, 5.74) is 3.32. The highest BCUT2D eigenvalue weighted by atomic mass is 31.0. The second-order valence-electron chi connectivity index (χ2n) is 4.72. The lowest BCUT2D eigenvalue weighted by Crippen LogP contribution is -2.40. The molecule has 1 atom stereocenters. The normalized spacial score (nSPS) is 23.8. The number of hydrogen-bond donors (Lipinski definition) is 1. The summed E-state index contributed by atoms with van der Waals surface area (Å²) in [6.45, 7) is 3.52. The molecule has 0 aliphatic carbocycles. The van der Waals surface area contributed by atoms with Gasteiger partial charge in [0.2, 0.25) is 0 Å². The standard InChI is InChI=1S/C12H17N2P/c15-14-7-5-12(6-8-14)9-13-11-4-2-1-3-10(11)12/h1-4,13H,5-9,15H2. The smallest absolute Gasteiger partial charge is 0.0379 e. The maximum absolute atomic E-state index is 3.55. The minimum atomic E-state index is 0.420. The van der Waals surface area contributed by atoms with Gasteiger partial charge in [-0.05, 0) is 24.5 Å². The Morgan fingerprint density at radius 2 is 1.93 bits per heavy atom. The molecule has 2 aliphatic heterocycles. The summed E-state index contributed by atoms with van der Waals surface area (Å²) in [5, 5.41) is 3.55. The molecule has 0 amide bonds. The van der Waals surface area contributed by atoms with Crippen LogP contribution in [0, 0.1) is 0 Å². The molecule has 1 unspecified atom stereocenters. The van der Waals surface area contributed by atoms with E-state index in [-0.39, 0.29) is 0 Å². The minimum Gasteiger partial charge on any atom is -0.384 e. The van der Waals surface area contributed by atoms with Crippen molar-refractivity contribution in [3.05, 3.63) is 29.8 Å². The third kappa shape index (κ3) is 1.47. The van der Waals surface area contributed by atoms with Crippen molar-refractivity contribution < 1.29 is 0 Å². The number of hydrogen-bond acceptors (Lipinski definition) is 2. The van der Waals surface area contributed by atoms with E-state index >= 15 is 0 Å². The maximum Gasteiger partial charge on any atom is 0.0379 e. The van der Waals surface area contributed by atoms with Crippen LogP contribution in [-0.2, 0) is 5.41 Å². The first-order valence-corrected chi connectivity index (χ1v) is 6.15. The van der Waals surface area contributed by atoms with Gasteiger partial charge in [-0.2, -0.15) is 0 Å². The first-order chi connectivity index (χ1) is 7.30. The van der Waals surface area contributed by atoms with Crippen LogP contribution in [0.4, 0.5) is 5.69 Å². The number of benzene rings is 1. The Bertz CT molecular complexity index is 370. The molecule has 0 saturated carbocycles. The van der Waals surface area contributed by atoms with Crippen LogP contribution < -0.4 is 5.32 Å². The van der Waals surface area contributed by atoms with Crippen molar-refractivity contribution >= 4 is 15.1 Å². The van der Waals surface area contributed by atoms with Crippen molar-refractivity contribution in [2.24, 2.45) is 0 Å². The van der Waals surface area contributed by atoms with Crippen LogP contribution in [-0.4, -0.2) is 24.3 Å². The lowest BCUT2D eigenvalue weighted by atomic mass is 9.75. The van der Waals surface area contributed by atoms with Crippen molar-refractivity contribution in [1.82, 2.24) is 4.67 Å². The van der Waals surface area contributed by atoms with Crippen LogP contribution in [0.1, 0.15) is 18.4 Å². The molecule has 0 radical (unpaired) electrons. The highest BCUT2D eigenvalue weighted by Crippen LogP contribution is 2.44. The predicted octanol–water partition coefficient (Wildman–Crippen LogP) is 2.24. The molecule has 1 aromatic rings. The fourth-order valence-electron chi connectivity index (χ4n) is 2.86. The summed E-state index contributed by atoms with van der Waals surface area (Å²) in [7, 11) is 2.82. The average molecular weight is 220 g/mol. The van der Waals surface area contributed by atoms with E-state index in [1.54, 1.807) is 5.56 Å². The van der Waals surface area contributed by atoms with E-state index < -0.39 is 0 Å². The fraction of sp³-hybridized carbons (Fsp3) is 0.500. The van der Waals surface area contributed by atoms with Crippen LogP contribution >= 0.6 is 9.39 Å². The number of fused-ring (bicyclic) bond motifs is 2. The molecule has 0 bridgehead atoms. The number of nitrogens with zero attached hydrogens (tertiary/aromatic N) is 1. The molecule has 1 fully saturated rings. The fourth-order valence-corrected chi connectivity index (χ4v) is 3.12. The number of piperidine rings is 1. The maximum atomic E-state index is 3.55. The highest BCUT2D eigenvalue weighted by molar-refractivity contribution is 7.13. The Kier molecular flexibility index (Phi) is 2.22. The van der Waals surface area contributed by atoms with Crippen LogP contribution in [0.3, 0.4) is 0 Å². The summed E-state index contributed by atoms with van der Waals surface area (Å²) < 4.78 is 2.35. The van der Waals surface area contributed by atoms with Gasteiger partial charge in [-0.25, -0.2) is 0 Å². The van der Waals surface area contributed by atoms with Crippen molar-refractivity contribution in [2.45, 2.75) is 18.3 Å². The molecule has 2 nitrogen and oxygen atoms in total. The topological polar surface area (TPSA) is 15.3 Å². The van der Waals surface area contributed by atoms with Crippen molar-refractivity contribution in [1.29, 1.82) is 0 Å². The van der Waals surface area contributed by atoms with Gasteiger partial charge in [-0.15, -0.1) is 0 Å². The predicted molar refractivity (Wildman–Crippen MR) is 67.1 cm³/mol. The third-order valence-corrected chi connectivity index (χ3v) is 4.39. The summed E-state index contributed by atoms with van der Waals surface area (Å²) in [6.07, 6.45) is 2.56. The van der Waals surface area contributed by atoms with Crippen LogP contribution in [0.15, 0.2) is 24.3 Å². The Balaban J connectivity index is 1.95. The van der Waals surface area contributed by atoms with Gasteiger partial charge in [0.1, 0.15) is 0 Å². The zero-order valence-corrected chi connectivity index (χ0v) is 10.0. The number of anilines is 1. The molecular weight excluding hydrogens is 203 g/mol. The lowest BCUT2D eigenvalue weighted by molar-refractivity contribution is 0.263. The number of nitrogens with one attached hydrogen (secondary N) is 1. The molecule has 2 heterocycles. The third-order valence-electron chi connectivity index (χ3n) is 3.87. The van der Waals surface area contributed by atoms with Gasteiger partial charge < -0.3 is 5.32 Å². The van der Waals surface area contributed by atoms with Gasteiger partial charge in [-0.3, -0.25) is 4.67 Å². The van der Waals surface area contributed by atoms with Crippen molar-refractivity contribution in [3.8, 4) is 0 Å². The van der Waals surface area contributed by atoms with Crippen LogP contribution in [0.2, 0.25) is 0 Å². The van der Waals surface area contributed by atoms with Crippen LogP contribution in [0.25, 0.3) is 0 Å². The van der Waals surface area contributed by atoms with Gasteiger partial charge in [-0.1, -0.05) is 27.6 Å². The van der Waals surface area contributed by atoms with Crippen LogP contribution in [0.5, 0.6) is 0 Å². The average Bonchev–Trinajstić information content (AvgIpc) is 2.63. The zero-order valence-electron chi connectivity index (χ0n) is 8.87. The summed E-state index contributed by atoms with van der Waals surface area (Å²) >= 11 is 0. The first-order valence-electron chi connectivity index (χ1n) is 5.63. The van der Waals surface area contributed by atoms with Crippen molar-refractivity contribution in [2.75, 3.05) is 25.0 Å². The monoisotopic (exact) mass is 220 g/mol. The Hall–Kier alpha value is -0.590. The molecule has 1 saturated heterocycles. The van der Waals surface area contributed by atoms with E-state index in [9.17, 15) is 0 Å². The highest BCUT2D eigenvalue weighted by Gasteiger charge is 2.40. The van der Waals surface area contributed by atoms with Crippen molar-refractivity contribution in [3.63, 3.8) is 0 Å². The molecular formula is C12H17N2P. The molecule has 1 aromatic carbocycles. The molecule has 15 heavy (non-hydrogen) atoms. The van der Waals surface area contributed by atoms with E-state index in [4.69, 9.17) is 0 Å². The Morgan fingerprint density at radius 1 is 1.20 bits per heavy atom. The quantitative estimate of drug-likeness (QED) is 0.674. The molecule has 1 N–H and O–H groups in total. The largest absolute Gasteiger partial charge is 0.384 e. The number of rotatable bonds is 0. The Labute approximate surface area is 93.3 Å². The summed E-state index contributed by atoms with van der Waals surface area (Å²) in [6, 6.07) is 8.79. The second kappa shape index (κ2) is 3.47. The SMILES string of the molecule is PN1CCC2(CC1)CNc1ccccc12. The van der Waals surface area contributed by atoms with Gasteiger partial charge in [0.05, 0.1) is 0 Å². The minimum absolute atomic E-state index is 0.420. The van der Waals surface area contributed by atoms with Gasteiger partial charge >= 0.3 is 0 Å². The zero-order chi connectivity index (χ0) is 10.3. The number of para-hydroxylation sites is 1. The van der Waals surface area contributed by atoms with Gasteiger partial charge in [0.15, 0.2) is 0 Å². The lowest BCUT2D eigenvalue weighted by Gasteiger charge is -2.37. The first kappa shape index (κ1) is 9.62. The molecule has 0 aromatic heterocycles. The van der Waals surface area contributed by atoms with E-state index in [0.717, 1.165) is 6.54 Å². The molecule has 3 rings (SSSR count). The van der Waals surface area contributed by atoms with E-state index in [0.29, 0.717) is 5.41 Å². The van der Waals surface area contributed by atoms with E-state index in [1.807, 2.05) is 0 Å². The summed E-state index contributed by atoms with van der Waals surface area (Å²) in [4.78, 5) is 0. The molecule has 80 valence electrons. The molecule has 1 spiro atoms.